The Hall–Kier alpha value is -0.630. The summed E-state index contributed by atoms with van der Waals surface area (Å²) < 4.78 is 33.5. The molecular formula is C13H19BrN2O3S. The highest BCUT2D eigenvalue weighted by Gasteiger charge is 2.38. The van der Waals surface area contributed by atoms with Crippen LogP contribution in [0, 0.1) is 6.92 Å². The van der Waals surface area contributed by atoms with E-state index < -0.39 is 10.0 Å². The maximum Gasteiger partial charge on any atom is 0.241 e. The van der Waals surface area contributed by atoms with Gasteiger partial charge < -0.3 is 10.5 Å². The van der Waals surface area contributed by atoms with E-state index in [2.05, 4.69) is 20.7 Å². The number of anilines is 1. The van der Waals surface area contributed by atoms with Crippen molar-refractivity contribution in [1.29, 1.82) is 0 Å². The summed E-state index contributed by atoms with van der Waals surface area (Å²) in [6.07, 6.45) is 2.83. The van der Waals surface area contributed by atoms with Gasteiger partial charge in [0.05, 0.1) is 10.5 Å². The molecule has 0 spiro atoms. The van der Waals surface area contributed by atoms with E-state index in [4.69, 9.17) is 10.5 Å². The van der Waals surface area contributed by atoms with E-state index >= 15 is 0 Å². The van der Waals surface area contributed by atoms with Crippen LogP contribution in [0.1, 0.15) is 24.8 Å². The lowest BCUT2D eigenvalue weighted by Gasteiger charge is -2.40. The average Bonchev–Trinajstić information content (AvgIpc) is 2.32. The lowest BCUT2D eigenvalue weighted by atomic mass is 9.80. The number of nitrogens with one attached hydrogen (secondary N) is 1. The fourth-order valence-corrected chi connectivity index (χ4v) is 4.32. The highest BCUT2D eigenvalue weighted by atomic mass is 79.9. The lowest BCUT2D eigenvalue weighted by molar-refractivity contribution is -0.0659. The molecule has 0 aromatic heterocycles. The van der Waals surface area contributed by atoms with E-state index in [0.717, 1.165) is 19.3 Å². The van der Waals surface area contributed by atoms with Gasteiger partial charge in [-0.25, -0.2) is 13.1 Å². The molecule has 2 rings (SSSR count). The van der Waals surface area contributed by atoms with Gasteiger partial charge in [-0.05, 0) is 43.9 Å². The van der Waals surface area contributed by atoms with Crippen molar-refractivity contribution in [1.82, 2.24) is 4.72 Å². The molecule has 1 aliphatic carbocycles. The molecule has 5 nitrogen and oxygen atoms in total. The summed E-state index contributed by atoms with van der Waals surface area (Å²) in [5.41, 5.74) is 6.47. The van der Waals surface area contributed by atoms with Crippen molar-refractivity contribution in [3.05, 3.63) is 22.2 Å². The molecule has 0 unspecified atom stereocenters. The Morgan fingerprint density at radius 1 is 1.45 bits per heavy atom. The van der Waals surface area contributed by atoms with Crippen LogP contribution in [0.15, 0.2) is 21.5 Å². The van der Waals surface area contributed by atoms with Gasteiger partial charge in [-0.3, -0.25) is 0 Å². The van der Waals surface area contributed by atoms with Crippen LogP contribution in [0.5, 0.6) is 0 Å². The van der Waals surface area contributed by atoms with Crippen molar-refractivity contribution in [2.45, 2.75) is 36.7 Å². The molecule has 0 bridgehead atoms. The zero-order valence-electron chi connectivity index (χ0n) is 11.6. The Morgan fingerprint density at radius 3 is 2.60 bits per heavy atom. The van der Waals surface area contributed by atoms with E-state index in [1.165, 1.54) is 0 Å². The normalized spacial score (nSPS) is 17.8. The maximum absolute atomic E-state index is 12.4. The number of nitrogens with two attached hydrogens (primary N) is 1. The third kappa shape index (κ3) is 3.00. The lowest BCUT2D eigenvalue weighted by Crippen LogP contribution is -2.49. The fourth-order valence-electron chi connectivity index (χ4n) is 2.28. The smallest absolute Gasteiger partial charge is 0.241 e. The molecule has 0 heterocycles. The topological polar surface area (TPSA) is 81.4 Å². The number of rotatable bonds is 5. The fraction of sp³-hybridized carbons (Fsp3) is 0.538. The van der Waals surface area contributed by atoms with Gasteiger partial charge in [-0.15, -0.1) is 0 Å². The second-order valence-electron chi connectivity index (χ2n) is 5.18. The largest absolute Gasteiger partial charge is 0.398 e. The minimum atomic E-state index is -3.60. The summed E-state index contributed by atoms with van der Waals surface area (Å²) in [6.45, 7) is 1.99. The zero-order valence-corrected chi connectivity index (χ0v) is 14.0. The second kappa shape index (κ2) is 5.63. The quantitative estimate of drug-likeness (QED) is 0.786. The molecule has 1 saturated carbocycles. The number of benzene rings is 1. The van der Waals surface area contributed by atoms with Gasteiger partial charge in [0, 0.05) is 23.8 Å². The minimum absolute atomic E-state index is 0.204. The van der Waals surface area contributed by atoms with Crippen LogP contribution in [0.4, 0.5) is 5.69 Å². The Bertz CT molecular complexity index is 607. The molecule has 7 heteroatoms. The summed E-state index contributed by atoms with van der Waals surface area (Å²) in [6, 6.07) is 3.26. The zero-order chi connectivity index (χ0) is 15.0. The molecule has 20 heavy (non-hydrogen) atoms. The van der Waals surface area contributed by atoms with Crippen molar-refractivity contribution < 1.29 is 13.2 Å². The standard InChI is InChI=1S/C13H19BrN2O3S/c1-9-11(15)6-10(14)7-12(9)20(17,18)16-8-13(19-2)4-3-5-13/h6-7,16H,3-5,8,15H2,1-2H3. The number of hydrogen-bond donors (Lipinski definition) is 2. The highest BCUT2D eigenvalue weighted by molar-refractivity contribution is 9.10. The second-order valence-corrected chi connectivity index (χ2v) is 7.83. The molecule has 1 aromatic carbocycles. The third-order valence-corrected chi connectivity index (χ3v) is 5.92. The Kier molecular flexibility index (Phi) is 4.44. The van der Waals surface area contributed by atoms with Gasteiger partial charge in [-0.2, -0.15) is 0 Å². The Morgan fingerprint density at radius 2 is 2.10 bits per heavy atom. The Labute approximate surface area is 128 Å². The van der Waals surface area contributed by atoms with Crippen LogP contribution in [0.2, 0.25) is 0 Å². The number of ether oxygens (including phenoxy) is 1. The van der Waals surface area contributed by atoms with Crippen molar-refractivity contribution in [3.63, 3.8) is 0 Å². The van der Waals surface area contributed by atoms with E-state index in [1.54, 1.807) is 26.2 Å². The highest BCUT2D eigenvalue weighted by Crippen LogP contribution is 2.35. The van der Waals surface area contributed by atoms with E-state index in [9.17, 15) is 8.42 Å². The number of nitrogen functional groups attached to an aromatic ring is 1. The molecule has 0 saturated heterocycles. The van der Waals surface area contributed by atoms with Crippen LogP contribution in [0.3, 0.4) is 0 Å². The number of hydrogen-bond acceptors (Lipinski definition) is 4. The molecule has 3 N–H and O–H groups in total. The molecule has 0 atom stereocenters. The molecule has 0 radical (unpaired) electrons. The van der Waals surface area contributed by atoms with Crippen molar-refractivity contribution in [2.24, 2.45) is 0 Å². The number of halogens is 1. The first-order valence-electron chi connectivity index (χ1n) is 6.40. The maximum atomic E-state index is 12.4. The van der Waals surface area contributed by atoms with Crippen LogP contribution in [0.25, 0.3) is 0 Å². The van der Waals surface area contributed by atoms with Crippen LogP contribution in [-0.2, 0) is 14.8 Å². The van der Waals surface area contributed by atoms with E-state index in [0.29, 0.717) is 15.7 Å². The van der Waals surface area contributed by atoms with Gasteiger partial charge >= 0.3 is 0 Å². The predicted octanol–water partition coefficient (Wildman–Crippen LogP) is 2.19. The molecule has 1 aromatic rings. The van der Waals surface area contributed by atoms with Crippen LogP contribution >= 0.6 is 15.9 Å². The first kappa shape index (κ1) is 15.8. The summed E-state index contributed by atoms with van der Waals surface area (Å²) in [5.74, 6) is 0. The summed E-state index contributed by atoms with van der Waals surface area (Å²) >= 11 is 3.27. The van der Waals surface area contributed by atoms with Gasteiger partial charge in [-0.1, -0.05) is 15.9 Å². The molecule has 1 fully saturated rings. The summed E-state index contributed by atoms with van der Waals surface area (Å²) in [7, 11) is -1.97. The van der Waals surface area contributed by atoms with E-state index in [-0.39, 0.29) is 17.0 Å². The summed E-state index contributed by atoms with van der Waals surface area (Å²) in [4.78, 5) is 0.204. The van der Waals surface area contributed by atoms with Gasteiger partial charge in [0.15, 0.2) is 0 Å². The predicted molar refractivity (Wildman–Crippen MR) is 82.1 cm³/mol. The van der Waals surface area contributed by atoms with Gasteiger partial charge in [0.2, 0.25) is 10.0 Å². The van der Waals surface area contributed by atoms with Crippen molar-refractivity contribution in [2.75, 3.05) is 19.4 Å². The number of sulfonamides is 1. The monoisotopic (exact) mass is 362 g/mol. The third-order valence-electron chi connectivity index (χ3n) is 3.94. The van der Waals surface area contributed by atoms with Crippen LogP contribution in [-0.4, -0.2) is 27.7 Å². The number of methoxy groups -OCH3 is 1. The molecule has 112 valence electrons. The first-order valence-corrected chi connectivity index (χ1v) is 8.68. The summed E-state index contributed by atoms with van der Waals surface area (Å²) in [5, 5.41) is 0. The van der Waals surface area contributed by atoms with Crippen molar-refractivity contribution in [3.8, 4) is 0 Å². The molecular weight excluding hydrogens is 344 g/mol. The van der Waals surface area contributed by atoms with Crippen molar-refractivity contribution >= 4 is 31.6 Å². The Balaban J connectivity index is 2.23. The molecule has 0 amide bonds. The average molecular weight is 363 g/mol. The van der Waals surface area contributed by atoms with Gasteiger partial charge in [0.25, 0.3) is 0 Å². The van der Waals surface area contributed by atoms with E-state index in [1.807, 2.05) is 0 Å². The molecule has 1 aliphatic rings. The molecule has 0 aliphatic heterocycles. The van der Waals surface area contributed by atoms with Gasteiger partial charge in [0.1, 0.15) is 0 Å². The minimum Gasteiger partial charge on any atom is -0.398 e. The SMILES string of the molecule is COC1(CNS(=O)(=O)c2cc(Br)cc(N)c2C)CCC1. The van der Waals surface area contributed by atoms with Crippen LogP contribution < -0.4 is 10.5 Å². The first-order chi connectivity index (χ1) is 9.30.